The quantitative estimate of drug-likeness (QED) is 0.712. The van der Waals surface area contributed by atoms with E-state index < -0.39 is 12.0 Å². The number of anilines is 2. The number of halogens is 2. The number of amides is 1. The van der Waals surface area contributed by atoms with Crippen LogP contribution in [-0.4, -0.2) is 10.9 Å². The molecule has 0 spiro atoms. The highest BCUT2D eigenvalue weighted by Crippen LogP contribution is 2.38. The van der Waals surface area contributed by atoms with E-state index in [0.29, 0.717) is 16.9 Å². The molecule has 2 heterocycles. The number of nitrogens with one attached hydrogen (secondary N) is 1. The Hall–Kier alpha value is -2.92. The van der Waals surface area contributed by atoms with E-state index in [0.717, 1.165) is 11.3 Å². The molecule has 0 bridgehead atoms. The lowest BCUT2D eigenvalue weighted by molar-refractivity contribution is 0.0993. The van der Waals surface area contributed by atoms with Crippen molar-refractivity contribution in [2.24, 2.45) is 0 Å². The summed E-state index contributed by atoms with van der Waals surface area (Å²) in [6, 6.07) is 15.3. The molecule has 1 aliphatic heterocycles. The third-order valence-corrected chi connectivity index (χ3v) is 4.65. The summed E-state index contributed by atoms with van der Waals surface area (Å²) in [5, 5.41) is 3.47. The lowest BCUT2D eigenvalue weighted by Crippen LogP contribution is -2.32. The number of benzene rings is 2. The summed E-state index contributed by atoms with van der Waals surface area (Å²) >= 11 is 6.16. The summed E-state index contributed by atoms with van der Waals surface area (Å²) in [4.78, 5) is 19.0. The Morgan fingerprint density at radius 3 is 2.65 bits per heavy atom. The van der Waals surface area contributed by atoms with Gasteiger partial charge in [-0.1, -0.05) is 29.3 Å². The first-order chi connectivity index (χ1) is 12.5. The van der Waals surface area contributed by atoms with E-state index in [9.17, 15) is 9.18 Å². The Kier molecular flexibility index (Phi) is 4.09. The highest BCUT2D eigenvalue weighted by molar-refractivity contribution is 6.33. The highest BCUT2D eigenvalue weighted by Gasteiger charge is 2.39. The summed E-state index contributed by atoms with van der Waals surface area (Å²) in [6.45, 7) is 1.99. The van der Waals surface area contributed by atoms with Crippen LogP contribution in [0.4, 0.5) is 15.8 Å². The fourth-order valence-corrected chi connectivity index (χ4v) is 3.27. The molecule has 130 valence electrons. The van der Waals surface area contributed by atoms with E-state index in [2.05, 4.69) is 10.3 Å². The number of hydrogen-bond donors (Lipinski definition) is 1. The van der Waals surface area contributed by atoms with Gasteiger partial charge in [-0.05, 0) is 49.4 Å². The average molecular weight is 368 g/mol. The average Bonchev–Trinajstić information content (AvgIpc) is 2.91. The van der Waals surface area contributed by atoms with Crippen molar-refractivity contribution in [1.82, 2.24) is 4.98 Å². The zero-order valence-corrected chi connectivity index (χ0v) is 14.7. The van der Waals surface area contributed by atoms with Gasteiger partial charge in [0, 0.05) is 11.9 Å². The molecular weight excluding hydrogens is 353 g/mol. The monoisotopic (exact) mass is 367 g/mol. The molecule has 1 aromatic heterocycles. The maximum absolute atomic E-state index is 13.4. The van der Waals surface area contributed by atoms with Gasteiger partial charge in [-0.15, -0.1) is 0 Å². The van der Waals surface area contributed by atoms with Crippen molar-refractivity contribution in [2.75, 3.05) is 10.2 Å². The van der Waals surface area contributed by atoms with Crippen LogP contribution in [0.2, 0.25) is 5.02 Å². The van der Waals surface area contributed by atoms with Gasteiger partial charge in [-0.3, -0.25) is 14.7 Å². The predicted molar refractivity (Wildman–Crippen MR) is 100.0 cm³/mol. The third-order valence-electron chi connectivity index (χ3n) is 4.34. The number of nitrogens with zero attached hydrogens (tertiary/aromatic N) is 2. The predicted octanol–water partition coefficient (Wildman–Crippen LogP) is 4.95. The zero-order valence-electron chi connectivity index (χ0n) is 13.9. The topological polar surface area (TPSA) is 45.2 Å². The molecule has 4 rings (SSSR count). The van der Waals surface area contributed by atoms with E-state index in [1.165, 1.54) is 12.1 Å². The molecule has 26 heavy (non-hydrogen) atoms. The number of fused-ring (bicyclic) bond motifs is 1. The van der Waals surface area contributed by atoms with Crippen molar-refractivity contribution in [3.63, 3.8) is 0 Å². The number of aryl methyl sites for hydroxylation is 1. The maximum Gasteiger partial charge on any atom is 0.262 e. The second kappa shape index (κ2) is 6.42. The van der Waals surface area contributed by atoms with Gasteiger partial charge in [-0.2, -0.15) is 0 Å². The fraction of sp³-hybridized carbons (Fsp3) is 0.100. The Morgan fingerprint density at radius 2 is 1.92 bits per heavy atom. The van der Waals surface area contributed by atoms with Crippen LogP contribution in [0.1, 0.15) is 27.8 Å². The van der Waals surface area contributed by atoms with E-state index in [1.54, 1.807) is 29.3 Å². The van der Waals surface area contributed by atoms with Crippen molar-refractivity contribution in [2.45, 2.75) is 13.1 Å². The van der Waals surface area contributed by atoms with Gasteiger partial charge in [0.1, 0.15) is 5.82 Å². The summed E-state index contributed by atoms with van der Waals surface area (Å²) < 4.78 is 13.4. The van der Waals surface area contributed by atoms with Crippen LogP contribution in [0.15, 0.2) is 60.8 Å². The summed E-state index contributed by atoms with van der Waals surface area (Å²) in [5.74, 6) is -0.565. The number of rotatable bonds is 3. The molecular formula is C20H15ClFN3O. The molecule has 0 aliphatic carbocycles. The number of pyridine rings is 1. The molecule has 0 saturated heterocycles. The number of hydrogen-bond acceptors (Lipinski definition) is 3. The highest BCUT2D eigenvalue weighted by atomic mass is 35.5. The Bertz CT molecular complexity index is 991. The summed E-state index contributed by atoms with van der Waals surface area (Å²) in [6.07, 6.45) is 1.11. The molecule has 4 nitrogen and oxygen atoms in total. The van der Waals surface area contributed by atoms with Crippen LogP contribution >= 0.6 is 11.6 Å². The maximum atomic E-state index is 13.4. The van der Waals surface area contributed by atoms with Gasteiger partial charge in [0.25, 0.3) is 5.91 Å². The van der Waals surface area contributed by atoms with E-state index in [1.807, 2.05) is 31.2 Å². The van der Waals surface area contributed by atoms with Gasteiger partial charge in [-0.25, -0.2) is 4.39 Å². The van der Waals surface area contributed by atoms with Crippen LogP contribution in [0.5, 0.6) is 0 Å². The molecule has 2 aromatic carbocycles. The van der Waals surface area contributed by atoms with Crippen LogP contribution in [0.3, 0.4) is 0 Å². The van der Waals surface area contributed by atoms with Crippen LogP contribution in [-0.2, 0) is 0 Å². The first-order valence-electron chi connectivity index (χ1n) is 8.11. The Balaban J connectivity index is 1.79. The van der Waals surface area contributed by atoms with Gasteiger partial charge in [0.05, 0.1) is 22.0 Å². The molecule has 0 fully saturated rings. The molecule has 1 amide bonds. The molecule has 6 heteroatoms. The lowest BCUT2D eigenvalue weighted by Gasteiger charge is -2.27. The zero-order chi connectivity index (χ0) is 18.3. The fourth-order valence-electron chi connectivity index (χ4n) is 3.04. The Morgan fingerprint density at radius 1 is 1.15 bits per heavy atom. The lowest BCUT2D eigenvalue weighted by atomic mass is 10.2. The second-order valence-electron chi connectivity index (χ2n) is 6.12. The first-order valence-corrected chi connectivity index (χ1v) is 8.49. The molecule has 1 atom stereocenters. The van der Waals surface area contributed by atoms with Gasteiger partial charge < -0.3 is 5.32 Å². The van der Waals surface area contributed by atoms with E-state index in [4.69, 9.17) is 11.6 Å². The molecule has 0 unspecified atom stereocenters. The van der Waals surface area contributed by atoms with E-state index >= 15 is 0 Å². The molecule has 0 radical (unpaired) electrons. The largest absolute Gasteiger partial charge is 0.359 e. The molecule has 3 aromatic rings. The van der Waals surface area contributed by atoms with Gasteiger partial charge in [0.15, 0.2) is 6.17 Å². The first kappa shape index (κ1) is 16.5. The van der Waals surface area contributed by atoms with Crippen molar-refractivity contribution in [3.05, 3.63) is 88.5 Å². The molecule has 1 aliphatic rings. The molecule has 0 saturated carbocycles. The normalized spacial score (nSPS) is 15.9. The third kappa shape index (κ3) is 2.80. The van der Waals surface area contributed by atoms with Crippen LogP contribution in [0.25, 0.3) is 0 Å². The minimum atomic E-state index is -0.538. The van der Waals surface area contributed by atoms with Crippen molar-refractivity contribution in [1.29, 1.82) is 0 Å². The van der Waals surface area contributed by atoms with Crippen molar-refractivity contribution < 1.29 is 9.18 Å². The standard InChI is InChI=1S/C20H15ClFN3O/c1-12-4-7-14(8-5-12)25-19(18-15(20(25)26)3-2-10-23-18)24-17-9-6-13(22)11-16(17)21/h2-11,19,24H,1H3/t19-/m1/s1. The number of carbonyl (C=O) groups excluding carboxylic acids is 1. The van der Waals surface area contributed by atoms with Crippen molar-refractivity contribution in [3.8, 4) is 0 Å². The SMILES string of the molecule is Cc1ccc(N2C(=O)c3cccnc3[C@@H]2Nc2ccc(F)cc2Cl)cc1. The number of carbonyl (C=O) groups is 1. The van der Waals surface area contributed by atoms with Gasteiger partial charge >= 0.3 is 0 Å². The second-order valence-corrected chi connectivity index (χ2v) is 6.53. The van der Waals surface area contributed by atoms with Crippen molar-refractivity contribution >= 4 is 28.9 Å². The minimum Gasteiger partial charge on any atom is -0.359 e. The van der Waals surface area contributed by atoms with Crippen LogP contribution < -0.4 is 10.2 Å². The molecule has 1 N–H and O–H groups in total. The number of aromatic nitrogens is 1. The Labute approximate surface area is 155 Å². The summed E-state index contributed by atoms with van der Waals surface area (Å²) in [7, 11) is 0. The van der Waals surface area contributed by atoms with Crippen LogP contribution in [0, 0.1) is 12.7 Å². The summed E-state index contributed by atoms with van der Waals surface area (Å²) in [5.41, 5.74) is 3.51. The minimum absolute atomic E-state index is 0.146. The smallest absolute Gasteiger partial charge is 0.262 e. The van der Waals surface area contributed by atoms with Gasteiger partial charge in [0.2, 0.25) is 0 Å². The van der Waals surface area contributed by atoms with E-state index in [-0.39, 0.29) is 10.9 Å².